The molecule has 188 valence electrons. The second kappa shape index (κ2) is 12.1. The summed E-state index contributed by atoms with van der Waals surface area (Å²) in [6.45, 7) is 3.25. The molecule has 1 aliphatic heterocycles. The Morgan fingerprint density at radius 2 is 1.78 bits per heavy atom. The highest BCUT2D eigenvalue weighted by Crippen LogP contribution is 2.30. The molecule has 0 saturated carbocycles. The lowest BCUT2D eigenvalue weighted by Crippen LogP contribution is -2.49. The van der Waals surface area contributed by atoms with Gasteiger partial charge in [0.05, 0.1) is 7.11 Å². The van der Waals surface area contributed by atoms with Gasteiger partial charge in [-0.15, -0.1) is 0 Å². The number of carbonyl (C=O) groups is 2. The van der Waals surface area contributed by atoms with E-state index in [2.05, 4.69) is 10.6 Å². The van der Waals surface area contributed by atoms with Crippen LogP contribution in [0.15, 0.2) is 72.8 Å². The Hall–Kier alpha value is -4.00. The molecule has 1 atom stereocenters. The van der Waals surface area contributed by atoms with Crippen LogP contribution in [-0.4, -0.2) is 36.5 Å². The summed E-state index contributed by atoms with van der Waals surface area (Å²) < 4.78 is 11.6. The van der Waals surface area contributed by atoms with Crippen molar-refractivity contribution in [1.29, 1.82) is 0 Å². The molecule has 0 aliphatic carbocycles. The molecule has 0 aromatic heterocycles. The Balaban J connectivity index is 1.55. The Bertz CT molecular complexity index is 1180. The average Bonchev–Trinajstić information content (AvgIpc) is 3.12. The largest absolute Gasteiger partial charge is 0.493 e. The SMILES string of the molecule is COc1cc(CN(C(=O)Nc2ccccc2C)C2CCCCNC2=O)ccc1OCc1ccccc1. The predicted molar refractivity (Wildman–Crippen MR) is 140 cm³/mol. The summed E-state index contributed by atoms with van der Waals surface area (Å²) >= 11 is 0. The highest BCUT2D eigenvalue weighted by molar-refractivity contribution is 5.94. The van der Waals surface area contributed by atoms with Gasteiger partial charge in [0.15, 0.2) is 11.5 Å². The van der Waals surface area contributed by atoms with E-state index in [1.54, 1.807) is 12.0 Å². The molecule has 0 spiro atoms. The van der Waals surface area contributed by atoms with E-state index in [-0.39, 0.29) is 18.5 Å². The van der Waals surface area contributed by atoms with Crippen LogP contribution in [0.4, 0.5) is 10.5 Å². The fourth-order valence-corrected chi connectivity index (χ4v) is 4.31. The smallest absolute Gasteiger partial charge is 0.322 e. The number of aryl methyl sites for hydroxylation is 1. The molecular weight excluding hydrogens is 454 g/mol. The number of rotatable bonds is 8. The number of anilines is 1. The maximum absolute atomic E-state index is 13.5. The van der Waals surface area contributed by atoms with Crippen LogP contribution >= 0.6 is 0 Å². The third kappa shape index (κ3) is 6.36. The van der Waals surface area contributed by atoms with E-state index in [0.29, 0.717) is 31.1 Å². The third-order valence-electron chi connectivity index (χ3n) is 6.35. The Labute approximate surface area is 212 Å². The zero-order valence-electron chi connectivity index (χ0n) is 20.8. The minimum Gasteiger partial charge on any atom is -0.493 e. The molecule has 3 amide bonds. The fourth-order valence-electron chi connectivity index (χ4n) is 4.31. The summed E-state index contributed by atoms with van der Waals surface area (Å²) in [5.41, 5.74) is 3.58. The van der Waals surface area contributed by atoms with E-state index in [4.69, 9.17) is 9.47 Å². The van der Waals surface area contributed by atoms with Crippen molar-refractivity contribution in [3.05, 3.63) is 89.5 Å². The Kier molecular flexibility index (Phi) is 8.44. The van der Waals surface area contributed by atoms with Crippen LogP contribution < -0.4 is 20.1 Å². The van der Waals surface area contributed by atoms with Crippen LogP contribution in [0, 0.1) is 6.92 Å². The van der Waals surface area contributed by atoms with Gasteiger partial charge in [0, 0.05) is 18.8 Å². The summed E-state index contributed by atoms with van der Waals surface area (Å²) in [7, 11) is 1.59. The topological polar surface area (TPSA) is 79.9 Å². The lowest BCUT2D eigenvalue weighted by Gasteiger charge is -2.30. The van der Waals surface area contributed by atoms with Crippen molar-refractivity contribution >= 4 is 17.6 Å². The number of carbonyl (C=O) groups excluding carboxylic acids is 2. The zero-order valence-corrected chi connectivity index (χ0v) is 20.8. The number of para-hydroxylation sites is 1. The monoisotopic (exact) mass is 487 g/mol. The van der Waals surface area contributed by atoms with Gasteiger partial charge in [0.1, 0.15) is 12.6 Å². The maximum atomic E-state index is 13.5. The number of urea groups is 1. The number of nitrogens with one attached hydrogen (secondary N) is 2. The van der Waals surface area contributed by atoms with Crippen LogP contribution in [-0.2, 0) is 17.9 Å². The summed E-state index contributed by atoms with van der Waals surface area (Å²) in [4.78, 5) is 28.0. The first-order chi connectivity index (χ1) is 17.5. The van der Waals surface area contributed by atoms with Crippen molar-refractivity contribution < 1.29 is 19.1 Å². The van der Waals surface area contributed by atoms with Crippen molar-refractivity contribution in [2.75, 3.05) is 19.0 Å². The number of amides is 3. The molecule has 3 aromatic carbocycles. The summed E-state index contributed by atoms with van der Waals surface area (Å²) in [5, 5.41) is 5.95. The molecule has 3 aromatic rings. The normalized spacial score (nSPS) is 15.4. The third-order valence-corrected chi connectivity index (χ3v) is 6.35. The van der Waals surface area contributed by atoms with Crippen LogP contribution in [0.1, 0.15) is 36.0 Å². The molecule has 7 heteroatoms. The predicted octanol–water partition coefficient (Wildman–Crippen LogP) is 5.29. The van der Waals surface area contributed by atoms with Crippen molar-refractivity contribution in [2.24, 2.45) is 0 Å². The number of benzene rings is 3. The number of nitrogens with zero attached hydrogens (tertiary/aromatic N) is 1. The molecule has 1 heterocycles. The zero-order chi connectivity index (χ0) is 25.3. The summed E-state index contributed by atoms with van der Waals surface area (Å²) in [6.07, 6.45) is 2.38. The molecule has 2 N–H and O–H groups in total. The summed E-state index contributed by atoms with van der Waals surface area (Å²) in [5.74, 6) is 1.07. The molecule has 1 unspecified atom stereocenters. The second-order valence-electron chi connectivity index (χ2n) is 8.94. The van der Waals surface area contributed by atoms with Crippen LogP contribution in [0.3, 0.4) is 0 Å². The lowest BCUT2D eigenvalue weighted by atomic mass is 10.1. The molecule has 4 rings (SSSR count). The molecule has 7 nitrogen and oxygen atoms in total. The molecule has 1 saturated heterocycles. The van der Waals surface area contributed by atoms with E-state index in [9.17, 15) is 9.59 Å². The molecular formula is C29H33N3O4. The minimum atomic E-state index is -0.559. The van der Waals surface area contributed by atoms with Gasteiger partial charge in [-0.3, -0.25) is 4.79 Å². The first kappa shape index (κ1) is 25.1. The Morgan fingerprint density at radius 1 is 1.00 bits per heavy atom. The van der Waals surface area contributed by atoms with Gasteiger partial charge in [-0.05, 0) is 61.1 Å². The van der Waals surface area contributed by atoms with Crippen molar-refractivity contribution in [1.82, 2.24) is 10.2 Å². The Morgan fingerprint density at radius 3 is 2.56 bits per heavy atom. The van der Waals surface area contributed by atoms with E-state index >= 15 is 0 Å². The molecule has 36 heavy (non-hydrogen) atoms. The number of hydrogen-bond donors (Lipinski definition) is 2. The molecule has 1 aliphatic rings. The lowest BCUT2D eigenvalue weighted by molar-refractivity contribution is -0.125. The maximum Gasteiger partial charge on any atom is 0.322 e. The van der Waals surface area contributed by atoms with Gasteiger partial charge >= 0.3 is 6.03 Å². The fraction of sp³-hybridized carbons (Fsp3) is 0.310. The van der Waals surface area contributed by atoms with E-state index < -0.39 is 6.04 Å². The van der Waals surface area contributed by atoms with Crippen LogP contribution in [0.5, 0.6) is 11.5 Å². The van der Waals surface area contributed by atoms with Gasteiger partial charge in [0.2, 0.25) is 5.91 Å². The van der Waals surface area contributed by atoms with Crippen molar-refractivity contribution in [3.8, 4) is 11.5 Å². The standard InChI is InChI=1S/C29H33N3O4/c1-21-10-6-7-13-24(21)31-29(34)32(25-14-8-9-17-30-28(25)33)19-23-15-16-26(27(18-23)35-2)36-20-22-11-4-3-5-12-22/h3-7,10-13,15-16,18,25H,8-9,14,17,19-20H2,1-2H3,(H,30,33)(H,31,34). The molecule has 1 fully saturated rings. The quantitative estimate of drug-likeness (QED) is 0.453. The van der Waals surface area contributed by atoms with Gasteiger partial charge in [0.25, 0.3) is 0 Å². The van der Waals surface area contributed by atoms with Gasteiger partial charge in [-0.1, -0.05) is 54.6 Å². The first-order valence-corrected chi connectivity index (χ1v) is 12.3. The number of methoxy groups -OCH3 is 1. The van der Waals surface area contributed by atoms with Crippen LogP contribution in [0.25, 0.3) is 0 Å². The summed E-state index contributed by atoms with van der Waals surface area (Å²) in [6, 6.07) is 22.3. The highest BCUT2D eigenvalue weighted by Gasteiger charge is 2.31. The van der Waals surface area contributed by atoms with E-state index in [1.165, 1.54) is 0 Å². The van der Waals surface area contributed by atoms with Crippen molar-refractivity contribution in [3.63, 3.8) is 0 Å². The average molecular weight is 488 g/mol. The van der Waals surface area contributed by atoms with Gasteiger partial charge in [-0.2, -0.15) is 0 Å². The second-order valence-corrected chi connectivity index (χ2v) is 8.94. The van der Waals surface area contributed by atoms with Gasteiger partial charge in [-0.25, -0.2) is 4.79 Å². The first-order valence-electron chi connectivity index (χ1n) is 12.3. The number of ether oxygens (including phenoxy) is 2. The van der Waals surface area contributed by atoms with Crippen LogP contribution in [0.2, 0.25) is 0 Å². The molecule has 0 bridgehead atoms. The van der Waals surface area contributed by atoms with Crippen molar-refractivity contribution in [2.45, 2.75) is 45.4 Å². The van der Waals surface area contributed by atoms with Gasteiger partial charge < -0.3 is 25.0 Å². The van der Waals surface area contributed by atoms with E-state index in [1.807, 2.05) is 79.7 Å². The molecule has 0 radical (unpaired) electrons. The number of hydrogen-bond acceptors (Lipinski definition) is 4. The highest BCUT2D eigenvalue weighted by atomic mass is 16.5. The van der Waals surface area contributed by atoms with E-state index in [0.717, 1.165) is 35.2 Å². The minimum absolute atomic E-state index is 0.123.